The highest BCUT2D eigenvalue weighted by molar-refractivity contribution is 6.42. The van der Waals surface area contributed by atoms with Crippen LogP contribution >= 0.6 is 23.2 Å². The van der Waals surface area contributed by atoms with E-state index in [4.69, 9.17) is 23.2 Å². The molecule has 0 bridgehead atoms. The van der Waals surface area contributed by atoms with Gasteiger partial charge in [0.1, 0.15) is 5.69 Å². The molecule has 0 unspecified atom stereocenters. The Kier molecular flexibility index (Phi) is 4.88. The van der Waals surface area contributed by atoms with E-state index in [0.717, 1.165) is 18.9 Å². The van der Waals surface area contributed by atoms with E-state index < -0.39 is 4.92 Å². The van der Waals surface area contributed by atoms with Crippen molar-refractivity contribution in [1.82, 2.24) is 0 Å². The van der Waals surface area contributed by atoms with Crippen LogP contribution in [0.15, 0.2) is 12.1 Å². The molecule has 19 heavy (non-hydrogen) atoms. The average molecular weight is 303 g/mol. The van der Waals surface area contributed by atoms with Crippen molar-refractivity contribution in [3.05, 3.63) is 32.3 Å². The predicted octanol–water partition coefficient (Wildman–Crippen LogP) is 4.89. The molecule has 2 rings (SSSR count). The topological polar surface area (TPSA) is 55.2 Å². The number of hydrogen-bond acceptors (Lipinski definition) is 3. The summed E-state index contributed by atoms with van der Waals surface area (Å²) in [5, 5.41) is 14.6. The summed E-state index contributed by atoms with van der Waals surface area (Å²) in [6.07, 6.45) is 6.18. The quantitative estimate of drug-likeness (QED) is 0.622. The first kappa shape index (κ1) is 14.4. The Hall–Kier alpha value is -1.00. The van der Waals surface area contributed by atoms with Gasteiger partial charge in [0.05, 0.1) is 15.0 Å². The number of hydrogen-bond donors (Lipinski definition) is 1. The summed E-state index contributed by atoms with van der Waals surface area (Å²) in [5.74, 6) is 0.745. The highest BCUT2D eigenvalue weighted by Crippen LogP contribution is 2.34. The zero-order chi connectivity index (χ0) is 13.8. The number of benzene rings is 1. The maximum Gasteiger partial charge on any atom is 0.293 e. The van der Waals surface area contributed by atoms with Gasteiger partial charge in [-0.1, -0.05) is 48.9 Å². The number of nitro groups is 1. The number of nitrogens with zero attached hydrogens (tertiary/aromatic N) is 1. The van der Waals surface area contributed by atoms with Gasteiger partial charge >= 0.3 is 0 Å². The van der Waals surface area contributed by atoms with Crippen molar-refractivity contribution < 1.29 is 4.92 Å². The van der Waals surface area contributed by atoms with Crippen LogP contribution in [0.3, 0.4) is 0 Å². The van der Waals surface area contributed by atoms with Crippen LogP contribution in [0.25, 0.3) is 0 Å². The minimum absolute atomic E-state index is 0.0270. The highest BCUT2D eigenvalue weighted by atomic mass is 35.5. The van der Waals surface area contributed by atoms with E-state index in [1.165, 1.54) is 37.8 Å². The lowest BCUT2D eigenvalue weighted by molar-refractivity contribution is -0.383. The van der Waals surface area contributed by atoms with E-state index in [9.17, 15) is 10.1 Å². The monoisotopic (exact) mass is 302 g/mol. The number of nitro benzene ring substituents is 1. The van der Waals surface area contributed by atoms with Crippen LogP contribution in [0.5, 0.6) is 0 Å². The fourth-order valence-corrected chi connectivity index (χ4v) is 2.86. The van der Waals surface area contributed by atoms with Crippen LogP contribution in [0, 0.1) is 16.0 Å². The molecule has 1 aliphatic rings. The number of nitrogens with one attached hydrogen (secondary N) is 1. The van der Waals surface area contributed by atoms with E-state index in [1.54, 1.807) is 0 Å². The Labute approximate surface area is 122 Å². The molecule has 0 heterocycles. The van der Waals surface area contributed by atoms with Gasteiger partial charge in [-0.05, 0) is 18.4 Å². The molecule has 1 aromatic rings. The van der Waals surface area contributed by atoms with Gasteiger partial charge in [0.25, 0.3) is 5.69 Å². The lowest BCUT2D eigenvalue weighted by Gasteiger charge is -2.11. The van der Waals surface area contributed by atoms with Crippen LogP contribution in [-0.2, 0) is 0 Å². The van der Waals surface area contributed by atoms with Crippen LogP contribution in [0.2, 0.25) is 10.0 Å². The SMILES string of the molecule is O=[N+]([O-])c1cc(Cl)c(Cl)cc1NCCC1CCCC1. The molecule has 1 aromatic carbocycles. The number of rotatable bonds is 5. The molecule has 0 spiro atoms. The molecule has 1 saturated carbocycles. The van der Waals surface area contributed by atoms with E-state index in [1.807, 2.05) is 0 Å². The molecular formula is C13H16Cl2N2O2. The largest absolute Gasteiger partial charge is 0.379 e. The smallest absolute Gasteiger partial charge is 0.293 e. The van der Waals surface area contributed by atoms with E-state index in [0.29, 0.717) is 10.7 Å². The third kappa shape index (κ3) is 3.74. The third-order valence-corrected chi connectivity index (χ3v) is 4.30. The van der Waals surface area contributed by atoms with Crippen molar-refractivity contribution in [2.45, 2.75) is 32.1 Å². The first-order valence-corrected chi connectivity index (χ1v) is 7.21. The molecule has 0 aromatic heterocycles. The van der Waals surface area contributed by atoms with E-state index in [2.05, 4.69) is 5.32 Å². The van der Waals surface area contributed by atoms with Gasteiger partial charge in [-0.25, -0.2) is 0 Å². The first-order valence-electron chi connectivity index (χ1n) is 6.45. The number of halogens is 2. The van der Waals surface area contributed by atoms with Crippen molar-refractivity contribution in [3.8, 4) is 0 Å². The average Bonchev–Trinajstić information content (AvgIpc) is 2.86. The Morgan fingerprint density at radius 1 is 1.26 bits per heavy atom. The predicted molar refractivity (Wildman–Crippen MR) is 78.2 cm³/mol. The molecule has 1 fully saturated rings. The maximum atomic E-state index is 11.0. The molecule has 0 aliphatic heterocycles. The summed E-state index contributed by atoms with van der Waals surface area (Å²) < 4.78 is 0. The van der Waals surface area contributed by atoms with Crippen molar-refractivity contribution in [2.75, 3.05) is 11.9 Å². The van der Waals surface area contributed by atoms with E-state index in [-0.39, 0.29) is 10.7 Å². The van der Waals surface area contributed by atoms with Gasteiger partial charge < -0.3 is 5.32 Å². The van der Waals surface area contributed by atoms with Gasteiger partial charge in [0.2, 0.25) is 0 Å². The van der Waals surface area contributed by atoms with Crippen LogP contribution in [-0.4, -0.2) is 11.5 Å². The summed E-state index contributed by atoms with van der Waals surface area (Å²) in [6.45, 7) is 0.726. The first-order chi connectivity index (χ1) is 9.08. The van der Waals surface area contributed by atoms with Gasteiger partial charge in [0.15, 0.2) is 0 Å². The summed E-state index contributed by atoms with van der Waals surface area (Å²) in [7, 11) is 0. The Balaban J connectivity index is 2.01. The molecule has 4 nitrogen and oxygen atoms in total. The Bertz CT molecular complexity index is 474. The second-order valence-electron chi connectivity index (χ2n) is 4.91. The second kappa shape index (κ2) is 6.44. The summed E-state index contributed by atoms with van der Waals surface area (Å²) in [4.78, 5) is 10.5. The molecule has 0 radical (unpaired) electrons. The van der Waals surface area contributed by atoms with Gasteiger partial charge in [-0.3, -0.25) is 10.1 Å². The van der Waals surface area contributed by atoms with Gasteiger partial charge in [-0.2, -0.15) is 0 Å². The minimum Gasteiger partial charge on any atom is -0.379 e. The van der Waals surface area contributed by atoms with E-state index >= 15 is 0 Å². The molecule has 6 heteroatoms. The molecule has 0 atom stereocenters. The summed E-state index contributed by atoms with van der Waals surface area (Å²) in [5.41, 5.74) is 0.415. The van der Waals surface area contributed by atoms with Gasteiger partial charge in [-0.15, -0.1) is 0 Å². The molecule has 1 N–H and O–H groups in total. The van der Waals surface area contributed by atoms with Gasteiger partial charge in [0, 0.05) is 12.6 Å². The Morgan fingerprint density at radius 3 is 2.53 bits per heavy atom. The standard InChI is InChI=1S/C13H16Cl2N2O2/c14-10-7-12(13(17(18)19)8-11(10)15)16-6-5-9-3-1-2-4-9/h7-9,16H,1-6H2. The maximum absolute atomic E-state index is 11.0. The lowest BCUT2D eigenvalue weighted by atomic mass is 10.0. The fraction of sp³-hybridized carbons (Fsp3) is 0.538. The van der Waals surface area contributed by atoms with Crippen molar-refractivity contribution in [3.63, 3.8) is 0 Å². The zero-order valence-electron chi connectivity index (χ0n) is 10.5. The second-order valence-corrected chi connectivity index (χ2v) is 5.72. The lowest BCUT2D eigenvalue weighted by Crippen LogP contribution is -2.08. The normalized spacial score (nSPS) is 15.7. The van der Waals surface area contributed by atoms with Crippen LogP contribution in [0.1, 0.15) is 32.1 Å². The molecule has 0 saturated heterocycles. The van der Waals surface area contributed by atoms with Crippen molar-refractivity contribution in [2.24, 2.45) is 5.92 Å². The summed E-state index contributed by atoms with van der Waals surface area (Å²) >= 11 is 11.7. The zero-order valence-corrected chi connectivity index (χ0v) is 12.0. The number of anilines is 1. The summed E-state index contributed by atoms with van der Waals surface area (Å²) in [6, 6.07) is 2.82. The molecule has 1 aliphatic carbocycles. The van der Waals surface area contributed by atoms with Crippen LogP contribution in [0.4, 0.5) is 11.4 Å². The molecular weight excluding hydrogens is 287 g/mol. The van der Waals surface area contributed by atoms with Crippen molar-refractivity contribution in [1.29, 1.82) is 0 Å². The Morgan fingerprint density at radius 2 is 1.89 bits per heavy atom. The third-order valence-electron chi connectivity index (χ3n) is 3.58. The van der Waals surface area contributed by atoms with Crippen molar-refractivity contribution >= 4 is 34.6 Å². The molecule has 0 amide bonds. The minimum atomic E-state index is -0.444. The fourth-order valence-electron chi connectivity index (χ4n) is 2.54. The van der Waals surface area contributed by atoms with Crippen LogP contribution < -0.4 is 5.32 Å². The highest BCUT2D eigenvalue weighted by Gasteiger charge is 2.18. The molecule has 104 valence electrons.